The molecule has 0 spiro atoms. The molecule has 0 aliphatic heterocycles. The third-order valence-electron chi connectivity index (χ3n) is 4.41. The molecule has 4 rings (SSSR count). The molecular formula is C20H18FN5O. The van der Waals surface area contributed by atoms with Gasteiger partial charge in [-0.15, -0.1) is 0 Å². The minimum absolute atomic E-state index is 0.145. The number of fused-ring (bicyclic) bond motifs is 1. The van der Waals surface area contributed by atoms with E-state index in [1.54, 1.807) is 30.2 Å². The van der Waals surface area contributed by atoms with Gasteiger partial charge in [-0.05, 0) is 41.8 Å². The van der Waals surface area contributed by atoms with Crippen molar-refractivity contribution in [1.29, 1.82) is 0 Å². The van der Waals surface area contributed by atoms with Crippen molar-refractivity contribution in [3.8, 4) is 5.69 Å². The lowest BCUT2D eigenvalue weighted by Gasteiger charge is -2.09. The Morgan fingerprint density at radius 3 is 2.70 bits per heavy atom. The summed E-state index contributed by atoms with van der Waals surface area (Å²) in [6, 6.07) is 15.9. The van der Waals surface area contributed by atoms with Crippen molar-refractivity contribution in [3.05, 3.63) is 88.2 Å². The molecule has 0 amide bonds. The molecule has 0 fully saturated rings. The number of nitrogens with zero attached hydrogens (tertiary/aromatic N) is 4. The fourth-order valence-electron chi connectivity index (χ4n) is 3.02. The number of hydrogen-bond donors (Lipinski definition) is 1. The Morgan fingerprint density at radius 1 is 1.07 bits per heavy atom. The highest BCUT2D eigenvalue weighted by molar-refractivity contribution is 5.79. The highest BCUT2D eigenvalue weighted by atomic mass is 19.1. The molecule has 0 saturated heterocycles. The summed E-state index contributed by atoms with van der Waals surface area (Å²) < 4.78 is 14.9. The van der Waals surface area contributed by atoms with Crippen LogP contribution in [-0.2, 0) is 20.1 Å². The van der Waals surface area contributed by atoms with E-state index < -0.39 is 0 Å². The number of para-hydroxylation sites is 1. The zero-order valence-electron chi connectivity index (χ0n) is 14.8. The predicted octanol–water partition coefficient (Wildman–Crippen LogP) is 2.55. The van der Waals surface area contributed by atoms with Gasteiger partial charge in [0, 0.05) is 25.7 Å². The molecule has 2 aromatic carbocycles. The Balaban J connectivity index is 1.48. The molecule has 1 N–H and O–H groups in total. The van der Waals surface area contributed by atoms with E-state index in [9.17, 15) is 9.18 Å². The second kappa shape index (κ2) is 7.13. The summed E-state index contributed by atoms with van der Waals surface area (Å²) in [6.07, 6.45) is 1.70. The van der Waals surface area contributed by atoms with Crippen LogP contribution in [0.1, 0.15) is 11.3 Å². The molecule has 2 aromatic heterocycles. The molecule has 0 bridgehead atoms. The van der Waals surface area contributed by atoms with Crippen LogP contribution in [0.25, 0.3) is 16.6 Å². The number of benzene rings is 2. The van der Waals surface area contributed by atoms with Gasteiger partial charge >= 0.3 is 0 Å². The fourth-order valence-corrected chi connectivity index (χ4v) is 3.02. The van der Waals surface area contributed by atoms with E-state index in [2.05, 4.69) is 15.5 Å². The second-order valence-electron chi connectivity index (χ2n) is 6.30. The maximum absolute atomic E-state index is 13.4. The van der Waals surface area contributed by atoms with Gasteiger partial charge in [0.05, 0.1) is 23.1 Å². The summed E-state index contributed by atoms with van der Waals surface area (Å²) in [7, 11) is 1.65. The minimum Gasteiger partial charge on any atom is -0.311 e. The van der Waals surface area contributed by atoms with Crippen molar-refractivity contribution in [2.45, 2.75) is 13.1 Å². The minimum atomic E-state index is -0.357. The number of pyridine rings is 1. The topological polar surface area (TPSA) is 64.7 Å². The van der Waals surface area contributed by atoms with Gasteiger partial charge in [-0.25, -0.2) is 4.39 Å². The lowest BCUT2D eigenvalue weighted by Crippen LogP contribution is -2.25. The Kier molecular flexibility index (Phi) is 4.52. The van der Waals surface area contributed by atoms with Gasteiger partial charge < -0.3 is 9.88 Å². The summed E-state index contributed by atoms with van der Waals surface area (Å²) >= 11 is 0. The number of rotatable bonds is 5. The molecule has 0 atom stereocenters. The van der Waals surface area contributed by atoms with Crippen LogP contribution in [0.15, 0.2) is 65.6 Å². The molecule has 4 aromatic rings. The molecule has 2 heterocycles. The maximum Gasteiger partial charge on any atom is 0.255 e. The number of aromatic nitrogens is 4. The van der Waals surface area contributed by atoms with Gasteiger partial charge in [-0.2, -0.15) is 15.0 Å². The first-order valence-electron chi connectivity index (χ1n) is 8.57. The van der Waals surface area contributed by atoms with Crippen LogP contribution in [0, 0.1) is 5.82 Å². The molecule has 0 aliphatic carbocycles. The standard InChI is InChI=1S/C20H18FN5O/c1-25-19-10-16(21)8-7-14(19)9-15(20(25)27)11-22-12-17-13-23-26(24-17)18-5-3-2-4-6-18/h2-10,13,22H,11-12H2,1H3. The quantitative estimate of drug-likeness (QED) is 0.592. The van der Waals surface area contributed by atoms with Crippen molar-refractivity contribution in [2.75, 3.05) is 0 Å². The molecule has 0 aliphatic rings. The Bertz CT molecular complexity index is 1150. The fraction of sp³-hybridized carbons (Fsp3) is 0.150. The maximum atomic E-state index is 13.4. The van der Waals surface area contributed by atoms with E-state index in [4.69, 9.17) is 0 Å². The lowest BCUT2D eigenvalue weighted by atomic mass is 10.1. The average Bonchev–Trinajstić information content (AvgIpc) is 3.16. The van der Waals surface area contributed by atoms with Crippen molar-refractivity contribution in [1.82, 2.24) is 24.9 Å². The highest BCUT2D eigenvalue weighted by Gasteiger charge is 2.08. The third kappa shape index (κ3) is 3.50. The largest absolute Gasteiger partial charge is 0.311 e. The molecule has 0 unspecified atom stereocenters. The van der Waals surface area contributed by atoms with Crippen LogP contribution in [0.3, 0.4) is 0 Å². The van der Waals surface area contributed by atoms with Crippen LogP contribution in [-0.4, -0.2) is 19.6 Å². The summed E-state index contributed by atoms with van der Waals surface area (Å²) in [4.78, 5) is 14.1. The van der Waals surface area contributed by atoms with E-state index in [1.807, 2.05) is 30.3 Å². The van der Waals surface area contributed by atoms with E-state index >= 15 is 0 Å². The SMILES string of the molecule is Cn1c(=O)c(CNCc2cnn(-c3ccccc3)n2)cc2ccc(F)cc21. The summed E-state index contributed by atoms with van der Waals surface area (Å²) in [6.45, 7) is 0.871. The highest BCUT2D eigenvalue weighted by Crippen LogP contribution is 2.14. The van der Waals surface area contributed by atoms with E-state index in [1.165, 1.54) is 16.7 Å². The molecular weight excluding hydrogens is 345 g/mol. The van der Waals surface area contributed by atoms with Gasteiger partial charge in [0.25, 0.3) is 5.56 Å². The Morgan fingerprint density at radius 2 is 1.89 bits per heavy atom. The first kappa shape index (κ1) is 17.1. The van der Waals surface area contributed by atoms with Gasteiger partial charge in [-0.1, -0.05) is 18.2 Å². The average molecular weight is 363 g/mol. The molecule has 0 saturated carbocycles. The zero-order chi connectivity index (χ0) is 18.8. The first-order valence-corrected chi connectivity index (χ1v) is 8.57. The van der Waals surface area contributed by atoms with Crippen LogP contribution < -0.4 is 10.9 Å². The molecule has 7 heteroatoms. The van der Waals surface area contributed by atoms with Crippen molar-refractivity contribution < 1.29 is 4.39 Å². The van der Waals surface area contributed by atoms with E-state index in [0.29, 0.717) is 24.2 Å². The van der Waals surface area contributed by atoms with Crippen LogP contribution in [0.5, 0.6) is 0 Å². The predicted molar refractivity (Wildman–Crippen MR) is 101 cm³/mol. The number of aryl methyl sites for hydroxylation is 1. The van der Waals surface area contributed by atoms with E-state index in [0.717, 1.165) is 16.8 Å². The summed E-state index contributed by atoms with van der Waals surface area (Å²) in [5, 5.41) is 12.7. The summed E-state index contributed by atoms with van der Waals surface area (Å²) in [5.41, 5.74) is 2.72. The van der Waals surface area contributed by atoms with Crippen molar-refractivity contribution >= 4 is 10.9 Å². The lowest BCUT2D eigenvalue weighted by molar-refractivity contribution is 0.627. The smallest absolute Gasteiger partial charge is 0.255 e. The third-order valence-corrected chi connectivity index (χ3v) is 4.41. The van der Waals surface area contributed by atoms with Gasteiger partial charge in [-0.3, -0.25) is 4.79 Å². The molecule has 6 nitrogen and oxygen atoms in total. The zero-order valence-corrected chi connectivity index (χ0v) is 14.8. The normalized spacial score (nSPS) is 11.2. The van der Waals surface area contributed by atoms with Crippen LogP contribution >= 0.6 is 0 Å². The first-order chi connectivity index (χ1) is 13.1. The van der Waals surface area contributed by atoms with Gasteiger partial charge in [0.15, 0.2) is 0 Å². The van der Waals surface area contributed by atoms with Crippen molar-refractivity contribution in [3.63, 3.8) is 0 Å². The molecule has 0 radical (unpaired) electrons. The number of nitrogens with one attached hydrogen (secondary N) is 1. The number of hydrogen-bond acceptors (Lipinski definition) is 4. The van der Waals surface area contributed by atoms with Crippen molar-refractivity contribution in [2.24, 2.45) is 7.05 Å². The molecule has 27 heavy (non-hydrogen) atoms. The van der Waals surface area contributed by atoms with E-state index in [-0.39, 0.29) is 11.4 Å². The molecule has 136 valence electrons. The Labute approximate surface area is 154 Å². The second-order valence-corrected chi connectivity index (χ2v) is 6.30. The summed E-state index contributed by atoms with van der Waals surface area (Å²) in [5.74, 6) is -0.357. The monoisotopic (exact) mass is 363 g/mol. The number of halogens is 1. The van der Waals surface area contributed by atoms with Crippen LogP contribution in [0.4, 0.5) is 4.39 Å². The Hall–Kier alpha value is -3.32. The van der Waals surface area contributed by atoms with Gasteiger partial charge in [0.2, 0.25) is 0 Å². The van der Waals surface area contributed by atoms with Crippen LogP contribution in [0.2, 0.25) is 0 Å². The van der Waals surface area contributed by atoms with Gasteiger partial charge in [0.1, 0.15) is 5.82 Å².